The molecule has 4 nitrogen and oxygen atoms in total. The smallest absolute Gasteiger partial charge is 0.100 e. The summed E-state index contributed by atoms with van der Waals surface area (Å²) in [7, 11) is 2.15. The number of benzene rings is 5. The van der Waals surface area contributed by atoms with E-state index in [0.717, 1.165) is 24.2 Å². The van der Waals surface area contributed by atoms with Crippen molar-refractivity contribution in [3.8, 4) is 5.69 Å². The molecule has 0 spiro atoms. The van der Waals surface area contributed by atoms with Crippen molar-refractivity contribution in [2.24, 2.45) is 7.05 Å². The lowest BCUT2D eigenvalue weighted by Gasteiger charge is -2.35. The van der Waals surface area contributed by atoms with Crippen molar-refractivity contribution in [2.75, 3.05) is 0 Å². The van der Waals surface area contributed by atoms with E-state index < -0.39 is 0 Å². The van der Waals surface area contributed by atoms with Crippen molar-refractivity contribution in [1.82, 2.24) is 19.8 Å². The van der Waals surface area contributed by atoms with E-state index >= 15 is 0 Å². The number of fused-ring (bicyclic) bond motifs is 4. The minimum Gasteiger partial charge on any atom is -0.366 e. The van der Waals surface area contributed by atoms with Crippen molar-refractivity contribution in [2.45, 2.75) is 32.0 Å². The predicted molar refractivity (Wildman–Crippen MR) is 221 cm³/mol. The van der Waals surface area contributed by atoms with Crippen LogP contribution >= 0.6 is 0 Å². The Kier molecular flexibility index (Phi) is 8.30. The quantitative estimate of drug-likeness (QED) is 0.176. The number of rotatable bonds is 7. The molecule has 0 saturated heterocycles. The van der Waals surface area contributed by atoms with Gasteiger partial charge in [0.15, 0.2) is 0 Å². The molecule has 1 aliphatic heterocycles. The number of para-hydroxylation sites is 2. The van der Waals surface area contributed by atoms with Gasteiger partial charge in [-0.15, -0.1) is 0 Å². The normalized spacial score (nSPS) is 17.7. The summed E-state index contributed by atoms with van der Waals surface area (Å²) in [6.45, 7) is 2.10. The molecule has 3 heterocycles. The van der Waals surface area contributed by atoms with Crippen LogP contribution in [0, 0.1) is 0 Å². The molecular formula is C48H42N4. The Morgan fingerprint density at radius 3 is 2.25 bits per heavy atom. The van der Waals surface area contributed by atoms with Crippen LogP contribution in [0.5, 0.6) is 0 Å². The van der Waals surface area contributed by atoms with Crippen LogP contribution in [0.3, 0.4) is 0 Å². The second-order valence-corrected chi connectivity index (χ2v) is 13.8. The molecular weight excluding hydrogens is 633 g/mol. The largest absolute Gasteiger partial charge is 0.366 e. The van der Waals surface area contributed by atoms with E-state index in [1.165, 1.54) is 66.2 Å². The third-order valence-corrected chi connectivity index (χ3v) is 10.6. The van der Waals surface area contributed by atoms with Crippen molar-refractivity contribution < 1.29 is 0 Å². The Morgan fingerprint density at radius 2 is 1.46 bits per heavy atom. The Balaban J connectivity index is 1.09. The third kappa shape index (κ3) is 5.71. The lowest BCUT2D eigenvalue weighted by atomic mass is 9.95. The SMILES string of the molecule is C/C=C\c1c(/C=C/c2ccc3c(c2)c2ccccc2n3C)c2ccccc2n1-c1ccc(C2C=C(c3ccccc3)NC(C3=CC=CCC3)N2)cc1. The summed E-state index contributed by atoms with van der Waals surface area (Å²) in [5, 5.41) is 11.5. The first-order chi connectivity index (χ1) is 25.7. The van der Waals surface area contributed by atoms with Crippen molar-refractivity contribution in [3.05, 3.63) is 185 Å². The van der Waals surface area contributed by atoms with Crippen LogP contribution < -0.4 is 10.6 Å². The van der Waals surface area contributed by atoms with E-state index in [4.69, 9.17) is 0 Å². The summed E-state index contributed by atoms with van der Waals surface area (Å²) in [4.78, 5) is 0. The zero-order chi connectivity index (χ0) is 35.0. The third-order valence-electron chi connectivity index (χ3n) is 10.6. The van der Waals surface area contributed by atoms with Crippen LogP contribution in [0.4, 0.5) is 0 Å². The number of hydrogen-bond donors (Lipinski definition) is 2. The van der Waals surface area contributed by atoms with Crippen molar-refractivity contribution in [1.29, 1.82) is 0 Å². The fourth-order valence-electron chi connectivity index (χ4n) is 8.05. The summed E-state index contributed by atoms with van der Waals surface area (Å²) in [5.41, 5.74) is 13.4. The van der Waals surface area contributed by atoms with Crippen LogP contribution in [0.2, 0.25) is 0 Å². The minimum absolute atomic E-state index is 0.0660. The van der Waals surface area contributed by atoms with Gasteiger partial charge in [0, 0.05) is 51.2 Å². The summed E-state index contributed by atoms with van der Waals surface area (Å²) in [6.07, 6.45) is 20.1. The molecule has 52 heavy (non-hydrogen) atoms. The average Bonchev–Trinajstić information content (AvgIpc) is 3.68. The molecule has 2 aliphatic rings. The highest BCUT2D eigenvalue weighted by atomic mass is 15.2. The number of nitrogens with zero attached hydrogens (tertiary/aromatic N) is 2. The Morgan fingerprint density at radius 1 is 0.712 bits per heavy atom. The van der Waals surface area contributed by atoms with E-state index in [1.54, 1.807) is 0 Å². The van der Waals surface area contributed by atoms with Crippen LogP contribution in [-0.2, 0) is 7.05 Å². The van der Waals surface area contributed by atoms with Gasteiger partial charge in [0.25, 0.3) is 0 Å². The second-order valence-electron chi connectivity index (χ2n) is 13.8. The van der Waals surface area contributed by atoms with E-state index in [9.17, 15) is 0 Å². The highest BCUT2D eigenvalue weighted by molar-refractivity contribution is 6.09. The molecule has 2 atom stereocenters. The van der Waals surface area contributed by atoms with Crippen molar-refractivity contribution in [3.63, 3.8) is 0 Å². The molecule has 5 aromatic carbocycles. The number of nitrogens with one attached hydrogen (secondary N) is 2. The van der Waals surface area contributed by atoms with Gasteiger partial charge in [-0.1, -0.05) is 121 Å². The summed E-state index contributed by atoms with van der Waals surface area (Å²) >= 11 is 0. The fourth-order valence-corrected chi connectivity index (χ4v) is 8.05. The molecule has 0 amide bonds. The fraction of sp³-hybridized carbons (Fsp3) is 0.125. The van der Waals surface area contributed by atoms with Crippen LogP contribution in [0.25, 0.3) is 62.3 Å². The van der Waals surface area contributed by atoms with Gasteiger partial charge in [0.2, 0.25) is 0 Å². The van der Waals surface area contributed by atoms with Gasteiger partial charge in [-0.05, 0) is 90.6 Å². The molecule has 0 bridgehead atoms. The maximum atomic E-state index is 3.90. The highest BCUT2D eigenvalue weighted by Crippen LogP contribution is 2.35. The van der Waals surface area contributed by atoms with Gasteiger partial charge in [-0.25, -0.2) is 0 Å². The summed E-state index contributed by atoms with van der Waals surface area (Å²) < 4.78 is 4.68. The van der Waals surface area contributed by atoms with E-state index in [-0.39, 0.29) is 12.2 Å². The average molecular weight is 675 g/mol. The van der Waals surface area contributed by atoms with Gasteiger partial charge in [-0.2, -0.15) is 0 Å². The van der Waals surface area contributed by atoms with Gasteiger partial charge >= 0.3 is 0 Å². The van der Waals surface area contributed by atoms with Gasteiger partial charge < -0.3 is 14.5 Å². The molecule has 0 saturated carbocycles. The molecule has 4 heteroatoms. The standard InChI is InChI=1S/C48H42N4/c1-3-14-46-40(29-23-33-24-30-45-41(31-33)39-20-10-12-21-44(39)51(45)2)38-19-11-13-22-47(38)52(46)37-27-25-35(26-28-37)43-32-42(34-15-6-4-7-16-34)49-48(50-43)36-17-8-5-9-18-36/h3-8,10-17,19-32,43,48-50H,9,18H2,1-2H3/b14-3-,29-23+. The first kappa shape index (κ1) is 31.9. The number of hydrogen-bond acceptors (Lipinski definition) is 2. The molecule has 2 N–H and O–H groups in total. The lowest BCUT2D eigenvalue weighted by Crippen LogP contribution is -2.47. The first-order valence-electron chi connectivity index (χ1n) is 18.3. The topological polar surface area (TPSA) is 33.9 Å². The van der Waals surface area contributed by atoms with E-state index in [2.05, 4.69) is 204 Å². The van der Waals surface area contributed by atoms with Gasteiger partial charge in [0.05, 0.1) is 17.3 Å². The molecule has 9 rings (SSSR count). The molecule has 1 aliphatic carbocycles. The van der Waals surface area contributed by atoms with Gasteiger partial charge in [0.1, 0.15) is 6.17 Å². The number of aromatic nitrogens is 2. The molecule has 254 valence electrons. The minimum atomic E-state index is 0.0660. The predicted octanol–water partition coefficient (Wildman–Crippen LogP) is 11.4. The molecule has 2 aromatic heterocycles. The Labute approximate surface area is 305 Å². The Bertz CT molecular complexity index is 2590. The maximum Gasteiger partial charge on any atom is 0.100 e. The summed E-state index contributed by atoms with van der Waals surface area (Å²) in [6, 6.07) is 44.0. The van der Waals surface area contributed by atoms with E-state index in [0.29, 0.717) is 0 Å². The second kappa shape index (κ2) is 13.6. The van der Waals surface area contributed by atoms with Crippen LogP contribution in [-0.4, -0.2) is 15.3 Å². The molecule has 0 radical (unpaired) electrons. The maximum absolute atomic E-state index is 3.90. The molecule has 2 unspecified atom stereocenters. The first-order valence-corrected chi connectivity index (χ1v) is 18.3. The number of allylic oxidation sites excluding steroid dienone is 4. The zero-order valence-electron chi connectivity index (χ0n) is 29.6. The number of aryl methyl sites for hydroxylation is 1. The van der Waals surface area contributed by atoms with Crippen molar-refractivity contribution >= 4 is 56.6 Å². The molecule has 0 fully saturated rings. The van der Waals surface area contributed by atoms with Crippen LogP contribution in [0.15, 0.2) is 157 Å². The zero-order valence-corrected chi connectivity index (χ0v) is 29.6. The Hall–Kier alpha value is -6.10. The molecule has 7 aromatic rings. The lowest BCUT2D eigenvalue weighted by molar-refractivity contribution is 0.464. The summed E-state index contributed by atoms with van der Waals surface area (Å²) in [5.74, 6) is 0. The van der Waals surface area contributed by atoms with Crippen LogP contribution in [0.1, 0.15) is 53.8 Å². The monoisotopic (exact) mass is 674 g/mol. The van der Waals surface area contributed by atoms with Gasteiger partial charge in [-0.3, -0.25) is 5.32 Å². The highest BCUT2D eigenvalue weighted by Gasteiger charge is 2.26. The van der Waals surface area contributed by atoms with E-state index in [1.807, 2.05) is 0 Å².